The van der Waals surface area contributed by atoms with Crippen molar-refractivity contribution in [3.05, 3.63) is 59.7 Å². The molecule has 6 heteroatoms. The molecule has 0 unspecified atom stereocenters. The van der Waals surface area contributed by atoms with Crippen molar-refractivity contribution in [1.82, 2.24) is 0 Å². The molecule has 0 fully saturated rings. The lowest BCUT2D eigenvalue weighted by Gasteiger charge is -2.10. The van der Waals surface area contributed by atoms with Gasteiger partial charge in [0.2, 0.25) is 5.91 Å². The summed E-state index contributed by atoms with van der Waals surface area (Å²) in [5.41, 5.74) is 1.04. The second-order valence-electron chi connectivity index (χ2n) is 5.43. The minimum absolute atomic E-state index is 0.0355. The zero-order valence-corrected chi connectivity index (χ0v) is 14.7. The third-order valence-corrected chi connectivity index (χ3v) is 3.49. The van der Waals surface area contributed by atoms with Crippen LogP contribution >= 0.6 is 0 Å². The van der Waals surface area contributed by atoms with E-state index >= 15 is 0 Å². The Bertz CT molecular complexity index is 814. The number of amides is 1. The largest absolute Gasteiger partial charge is 0.493 e. The molecular formula is C20H21NO5. The summed E-state index contributed by atoms with van der Waals surface area (Å²) in [7, 11) is 1.55. The standard InChI is InChI=1S/C20H21NO5/c1-3-12-26-17-10-8-14(13-18(17)25-2)9-11-19(22)21-16-7-5-4-6-15(16)20(23)24/h4-11,13H,3,12H2,1-2H3,(H,21,22)(H,23,24). The summed E-state index contributed by atoms with van der Waals surface area (Å²) in [5.74, 6) is -0.301. The van der Waals surface area contributed by atoms with Crippen LogP contribution in [0.2, 0.25) is 0 Å². The van der Waals surface area contributed by atoms with E-state index in [0.717, 1.165) is 12.0 Å². The molecule has 0 aliphatic rings. The highest BCUT2D eigenvalue weighted by atomic mass is 16.5. The number of anilines is 1. The molecule has 0 spiro atoms. The highest BCUT2D eigenvalue weighted by molar-refractivity contribution is 6.06. The van der Waals surface area contributed by atoms with Gasteiger partial charge < -0.3 is 19.9 Å². The van der Waals surface area contributed by atoms with E-state index in [1.165, 1.54) is 18.2 Å². The van der Waals surface area contributed by atoms with Crippen LogP contribution < -0.4 is 14.8 Å². The van der Waals surface area contributed by atoms with Crippen LogP contribution in [0.25, 0.3) is 6.08 Å². The van der Waals surface area contributed by atoms with E-state index in [1.54, 1.807) is 37.5 Å². The molecule has 0 aromatic heterocycles. The number of carboxylic acids is 1. The van der Waals surface area contributed by atoms with Crippen molar-refractivity contribution in [3.63, 3.8) is 0 Å². The lowest BCUT2D eigenvalue weighted by molar-refractivity contribution is -0.111. The molecule has 0 aliphatic heterocycles. The molecule has 0 saturated heterocycles. The molecular weight excluding hydrogens is 334 g/mol. The number of rotatable bonds is 8. The molecule has 0 radical (unpaired) electrons. The normalized spacial score (nSPS) is 10.5. The van der Waals surface area contributed by atoms with Crippen molar-refractivity contribution in [3.8, 4) is 11.5 Å². The molecule has 0 aliphatic carbocycles. The number of hydrogen-bond donors (Lipinski definition) is 2. The van der Waals surface area contributed by atoms with E-state index in [2.05, 4.69) is 5.32 Å². The van der Waals surface area contributed by atoms with Gasteiger partial charge >= 0.3 is 5.97 Å². The molecule has 2 N–H and O–H groups in total. The molecule has 0 heterocycles. The summed E-state index contributed by atoms with van der Waals surface area (Å²) in [6, 6.07) is 11.6. The van der Waals surface area contributed by atoms with Gasteiger partial charge in [0.1, 0.15) is 0 Å². The molecule has 26 heavy (non-hydrogen) atoms. The summed E-state index contributed by atoms with van der Waals surface area (Å²) >= 11 is 0. The predicted octanol–water partition coefficient (Wildman–Crippen LogP) is 3.83. The SMILES string of the molecule is CCCOc1ccc(C=CC(=O)Nc2ccccc2C(=O)O)cc1OC. The van der Waals surface area contributed by atoms with E-state index in [0.29, 0.717) is 18.1 Å². The minimum Gasteiger partial charge on any atom is -0.493 e. The second-order valence-corrected chi connectivity index (χ2v) is 5.43. The Kier molecular flexibility index (Phi) is 6.79. The maximum atomic E-state index is 12.1. The van der Waals surface area contributed by atoms with Crippen molar-refractivity contribution in [1.29, 1.82) is 0 Å². The molecule has 136 valence electrons. The lowest BCUT2D eigenvalue weighted by Crippen LogP contribution is -2.11. The monoisotopic (exact) mass is 355 g/mol. The van der Waals surface area contributed by atoms with Crippen LogP contribution in [-0.2, 0) is 4.79 Å². The first-order valence-corrected chi connectivity index (χ1v) is 8.17. The quantitative estimate of drug-likeness (QED) is 0.703. The zero-order valence-electron chi connectivity index (χ0n) is 14.7. The number of hydrogen-bond acceptors (Lipinski definition) is 4. The molecule has 2 rings (SSSR count). The Morgan fingerprint density at radius 3 is 2.62 bits per heavy atom. The average molecular weight is 355 g/mol. The fourth-order valence-corrected chi connectivity index (χ4v) is 2.24. The number of benzene rings is 2. The number of methoxy groups -OCH3 is 1. The number of carboxylic acid groups (broad SMARTS) is 1. The van der Waals surface area contributed by atoms with Crippen molar-refractivity contribution < 1.29 is 24.2 Å². The number of para-hydroxylation sites is 1. The maximum absolute atomic E-state index is 12.1. The van der Waals surface area contributed by atoms with Gasteiger partial charge in [-0.3, -0.25) is 4.79 Å². The highest BCUT2D eigenvalue weighted by Crippen LogP contribution is 2.28. The van der Waals surface area contributed by atoms with Crippen LogP contribution in [0.4, 0.5) is 5.69 Å². The Balaban J connectivity index is 2.09. The van der Waals surface area contributed by atoms with Gasteiger partial charge in [-0.05, 0) is 42.3 Å². The third-order valence-electron chi connectivity index (χ3n) is 3.49. The first-order valence-electron chi connectivity index (χ1n) is 8.17. The van der Waals surface area contributed by atoms with Crippen LogP contribution in [0.3, 0.4) is 0 Å². The summed E-state index contributed by atoms with van der Waals surface area (Å²) in [6.07, 6.45) is 3.84. The lowest BCUT2D eigenvalue weighted by atomic mass is 10.1. The van der Waals surface area contributed by atoms with E-state index in [4.69, 9.17) is 14.6 Å². The maximum Gasteiger partial charge on any atom is 0.337 e. The molecule has 0 bridgehead atoms. The van der Waals surface area contributed by atoms with Gasteiger partial charge in [-0.2, -0.15) is 0 Å². The van der Waals surface area contributed by atoms with Crippen LogP contribution in [0.1, 0.15) is 29.3 Å². The molecule has 0 atom stereocenters. The number of aromatic carboxylic acids is 1. The van der Waals surface area contributed by atoms with Crippen molar-refractivity contribution in [2.24, 2.45) is 0 Å². The molecule has 2 aromatic carbocycles. The summed E-state index contributed by atoms with van der Waals surface area (Å²) in [4.78, 5) is 23.2. The highest BCUT2D eigenvalue weighted by Gasteiger charge is 2.10. The van der Waals surface area contributed by atoms with E-state index in [9.17, 15) is 9.59 Å². The van der Waals surface area contributed by atoms with E-state index in [1.807, 2.05) is 13.0 Å². The average Bonchev–Trinajstić information content (AvgIpc) is 2.65. The van der Waals surface area contributed by atoms with Gasteiger partial charge in [0.15, 0.2) is 11.5 Å². The zero-order chi connectivity index (χ0) is 18.9. The molecule has 6 nitrogen and oxygen atoms in total. The third kappa shape index (κ3) is 5.11. The van der Waals surface area contributed by atoms with Gasteiger partial charge in [-0.1, -0.05) is 25.1 Å². The van der Waals surface area contributed by atoms with Crippen LogP contribution in [0.5, 0.6) is 11.5 Å². The van der Waals surface area contributed by atoms with Crippen LogP contribution in [-0.4, -0.2) is 30.7 Å². The fourth-order valence-electron chi connectivity index (χ4n) is 2.24. The number of nitrogens with one attached hydrogen (secondary N) is 1. The summed E-state index contributed by atoms with van der Waals surface area (Å²) in [6.45, 7) is 2.61. The smallest absolute Gasteiger partial charge is 0.337 e. The van der Waals surface area contributed by atoms with Crippen molar-refractivity contribution in [2.45, 2.75) is 13.3 Å². The Morgan fingerprint density at radius 1 is 1.15 bits per heavy atom. The Labute approximate surface area is 152 Å². The van der Waals surface area contributed by atoms with Crippen molar-refractivity contribution in [2.75, 3.05) is 19.0 Å². The summed E-state index contributed by atoms with van der Waals surface area (Å²) < 4.78 is 10.9. The van der Waals surface area contributed by atoms with Crippen LogP contribution in [0, 0.1) is 0 Å². The van der Waals surface area contributed by atoms with Crippen molar-refractivity contribution >= 4 is 23.6 Å². The van der Waals surface area contributed by atoms with Gasteiger partial charge in [0.25, 0.3) is 0 Å². The molecule has 0 saturated carbocycles. The number of ether oxygens (including phenoxy) is 2. The first kappa shape index (κ1) is 19.1. The summed E-state index contributed by atoms with van der Waals surface area (Å²) in [5, 5.41) is 11.7. The Morgan fingerprint density at radius 2 is 1.92 bits per heavy atom. The number of carbonyl (C=O) groups is 2. The minimum atomic E-state index is -1.10. The Hall–Kier alpha value is -3.28. The number of carbonyl (C=O) groups excluding carboxylic acids is 1. The predicted molar refractivity (Wildman–Crippen MR) is 99.8 cm³/mol. The van der Waals surface area contributed by atoms with Gasteiger partial charge in [0, 0.05) is 6.08 Å². The molecule has 2 aromatic rings. The van der Waals surface area contributed by atoms with E-state index < -0.39 is 11.9 Å². The van der Waals surface area contributed by atoms with Gasteiger partial charge in [-0.25, -0.2) is 4.79 Å². The van der Waals surface area contributed by atoms with Gasteiger partial charge in [-0.15, -0.1) is 0 Å². The van der Waals surface area contributed by atoms with E-state index in [-0.39, 0.29) is 11.3 Å². The second kappa shape index (κ2) is 9.27. The van der Waals surface area contributed by atoms with Crippen LogP contribution in [0.15, 0.2) is 48.5 Å². The topological polar surface area (TPSA) is 84.9 Å². The first-order chi connectivity index (χ1) is 12.5. The fraction of sp³-hybridized carbons (Fsp3) is 0.200. The van der Waals surface area contributed by atoms with Gasteiger partial charge in [0.05, 0.1) is 25.0 Å². The molecule has 1 amide bonds.